The van der Waals surface area contributed by atoms with E-state index in [0.717, 1.165) is 31.9 Å². The first kappa shape index (κ1) is 13.9. The molecule has 19 heavy (non-hydrogen) atoms. The Morgan fingerprint density at radius 3 is 2.74 bits per heavy atom. The summed E-state index contributed by atoms with van der Waals surface area (Å²) >= 11 is 0. The van der Waals surface area contributed by atoms with Crippen LogP contribution in [-0.4, -0.2) is 23.9 Å². The summed E-state index contributed by atoms with van der Waals surface area (Å²) in [4.78, 5) is 0. The van der Waals surface area contributed by atoms with Gasteiger partial charge in [-0.05, 0) is 44.5 Å². The second kappa shape index (κ2) is 6.62. The molecule has 0 aliphatic carbocycles. The Morgan fingerprint density at radius 2 is 2.00 bits per heavy atom. The van der Waals surface area contributed by atoms with Gasteiger partial charge in [-0.1, -0.05) is 6.92 Å². The van der Waals surface area contributed by atoms with Gasteiger partial charge in [0, 0.05) is 23.6 Å². The largest absolute Gasteiger partial charge is 0.494 e. The number of fused-ring (bicyclic) bond motifs is 1. The number of benzene rings is 1. The van der Waals surface area contributed by atoms with Gasteiger partial charge in [0.25, 0.3) is 0 Å². The van der Waals surface area contributed by atoms with Crippen molar-refractivity contribution in [2.45, 2.75) is 39.8 Å². The van der Waals surface area contributed by atoms with Crippen molar-refractivity contribution in [2.75, 3.05) is 13.2 Å². The highest BCUT2D eigenvalue weighted by molar-refractivity contribution is 5.81. The predicted molar refractivity (Wildman–Crippen MR) is 78.8 cm³/mol. The Labute approximate surface area is 115 Å². The second-order valence-corrected chi connectivity index (χ2v) is 5.00. The zero-order chi connectivity index (χ0) is 13.7. The van der Waals surface area contributed by atoms with E-state index in [0.29, 0.717) is 0 Å². The summed E-state index contributed by atoms with van der Waals surface area (Å²) in [7, 11) is 0. The molecule has 0 N–H and O–H groups in total. The Morgan fingerprint density at radius 1 is 1.16 bits per heavy atom. The summed E-state index contributed by atoms with van der Waals surface area (Å²) in [6.07, 6.45) is 3.43. The van der Waals surface area contributed by atoms with Gasteiger partial charge in [-0.2, -0.15) is 0 Å². The average Bonchev–Trinajstić information content (AvgIpc) is 2.79. The maximum Gasteiger partial charge on any atom is 0.120 e. The van der Waals surface area contributed by atoms with Gasteiger partial charge in [0.15, 0.2) is 0 Å². The van der Waals surface area contributed by atoms with Gasteiger partial charge in [-0.3, -0.25) is 0 Å². The van der Waals surface area contributed by atoms with Crippen LogP contribution < -0.4 is 4.74 Å². The molecule has 0 bridgehead atoms. The van der Waals surface area contributed by atoms with Crippen molar-refractivity contribution in [1.29, 1.82) is 0 Å². The number of hydrogen-bond acceptors (Lipinski definition) is 2. The highest BCUT2D eigenvalue weighted by Gasteiger charge is 2.03. The average molecular weight is 261 g/mol. The van der Waals surface area contributed by atoms with Gasteiger partial charge in [0.1, 0.15) is 5.75 Å². The highest BCUT2D eigenvalue weighted by Crippen LogP contribution is 2.22. The molecule has 1 aromatic carbocycles. The molecule has 0 spiro atoms. The van der Waals surface area contributed by atoms with Crippen molar-refractivity contribution in [3.63, 3.8) is 0 Å². The summed E-state index contributed by atoms with van der Waals surface area (Å²) < 4.78 is 13.5. The van der Waals surface area contributed by atoms with E-state index in [4.69, 9.17) is 9.47 Å². The Balaban J connectivity index is 2.06. The molecule has 3 heteroatoms. The standard InChI is InChI=1S/C16H23NO2/c1-4-10-19-15-5-6-16-14(12-15)7-8-17(16)9-11-18-13(2)3/h5-8,12-13H,4,9-11H2,1-3H3. The third-order valence-electron chi connectivity index (χ3n) is 3.00. The summed E-state index contributed by atoms with van der Waals surface area (Å²) in [5.74, 6) is 0.950. The lowest BCUT2D eigenvalue weighted by Gasteiger charge is -2.10. The molecule has 0 saturated heterocycles. The third kappa shape index (κ3) is 3.74. The van der Waals surface area contributed by atoms with Gasteiger partial charge in [0.2, 0.25) is 0 Å². The van der Waals surface area contributed by atoms with Gasteiger partial charge in [-0.15, -0.1) is 0 Å². The Bertz CT molecular complexity index is 516. The first-order valence-corrected chi connectivity index (χ1v) is 7.04. The SMILES string of the molecule is CCCOc1ccc2c(ccn2CCOC(C)C)c1. The summed E-state index contributed by atoms with van der Waals surface area (Å²) in [5.41, 5.74) is 1.23. The van der Waals surface area contributed by atoms with Crippen LogP contribution in [0, 0.1) is 0 Å². The van der Waals surface area contributed by atoms with Gasteiger partial charge < -0.3 is 14.0 Å². The van der Waals surface area contributed by atoms with E-state index in [1.807, 2.05) is 6.07 Å². The number of nitrogens with zero attached hydrogens (tertiary/aromatic N) is 1. The minimum atomic E-state index is 0.288. The molecular formula is C16H23NO2. The van der Waals surface area contributed by atoms with Crippen LogP contribution in [0.15, 0.2) is 30.5 Å². The summed E-state index contributed by atoms with van der Waals surface area (Å²) in [5, 5.41) is 1.22. The lowest BCUT2D eigenvalue weighted by atomic mass is 10.2. The predicted octanol–water partition coefficient (Wildman–Crippen LogP) is 3.86. The van der Waals surface area contributed by atoms with Gasteiger partial charge in [-0.25, -0.2) is 0 Å². The summed E-state index contributed by atoms with van der Waals surface area (Å²) in [6, 6.07) is 8.39. The van der Waals surface area contributed by atoms with Crippen molar-refractivity contribution in [1.82, 2.24) is 4.57 Å². The molecule has 0 unspecified atom stereocenters. The number of aromatic nitrogens is 1. The lowest BCUT2D eigenvalue weighted by molar-refractivity contribution is 0.0733. The Kier molecular flexibility index (Phi) is 4.86. The van der Waals surface area contributed by atoms with Crippen molar-refractivity contribution in [2.24, 2.45) is 0 Å². The van der Waals surface area contributed by atoms with Crippen molar-refractivity contribution < 1.29 is 9.47 Å². The fourth-order valence-electron chi connectivity index (χ4n) is 2.07. The van der Waals surface area contributed by atoms with Crippen molar-refractivity contribution in [3.8, 4) is 5.75 Å². The quantitative estimate of drug-likeness (QED) is 0.755. The number of hydrogen-bond donors (Lipinski definition) is 0. The monoisotopic (exact) mass is 261 g/mol. The number of ether oxygens (including phenoxy) is 2. The van der Waals surface area contributed by atoms with E-state index in [1.165, 1.54) is 10.9 Å². The zero-order valence-corrected chi connectivity index (χ0v) is 12.1. The molecule has 0 aliphatic heterocycles. The molecule has 3 nitrogen and oxygen atoms in total. The van der Waals surface area contributed by atoms with E-state index in [1.54, 1.807) is 0 Å². The van der Waals surface area contributed by atoms with Crippen LogP contribution in [0.2, 0.25) is 0 Å². The van der Waals surface area contributed by atoms with Crippen LogP contribution in [0.3, 0.4) is 0 Å². The molecule has 0 radical (unpaired) electrons. The minimum absolute atomic E-state index is 0.288. The van der Waals surface area contributed by atoms with Crippen LogP contribution >= 0.6 is 0 Å². The Hall–Kier alpha value is -1.48. The van der Waals surface area contributed by atoms with E-state index in [-0.39, 0.29) is 6.10 Å². The molecule has 0 amide bonds. The molecule has 1 aromatic heterocycles. The molecule has 0 fully saturated rings. The van der Waals surface area contributed by atoms with E-state index in [2.05, 4.69) is 49.7 Å². The van der Waals surface area contributed by atoms with Crippen LogP contribution in [0.25, 0.3) is 10.9 Å². The molecule has 0 atom stereocenters. The topological polar surface area (TPSA) is 23.4 Å². The molecule has 2 aromatic rings. The normalized spacial score (nSPS) is 11.4. The van der Waals surface area contributed by atoms with Gasteiger partial charge in [0.05, 0.1) is 19.3 Å². The summed E-state index contributed by atoms with van der Waals surface area (Å²) in [6.45, 7) is 8.64. The zero-order valence-electron chi connectivity index (χ0n) is 12.1. The fourth-order valence-corrected chi connectivity index (χ4v) is 2.07. The smallest absolute Gasteiger partial charge is 0.120 e. The first-order valence-electron chi connectivity index (χ1n) is 7.04. The third-order valence-corrected chi connectivity index (χ3v) is 3.00. The van der Waals surface area contributed by atoms with Gasteiger partial charge >= 0.3 is 0 Å². The van der Waals surface area contributed by atoms with Crippen LogP contribution in [0.1, 0.15) is 27.2 Å². The molecule has 2 rings (SSSR count). The van der Waals surface area contributed by atoms with E-state index < -0.39 is 0 Å². The molecule has 104 valence electrons. The van der Waals surface area contributed by atoms with Crippen molar-refractivity contribution >= 4 is 10.9 Å². The maximum atomic E-state index is 5.65. The molecule has 0 aliphatic rings. The highest BCUT2D eigenvalue weighted by atomic mass is 16.5. The van der Waals surface area contributed by atoms with E-state index >= 15 is 0 Å². The van der Waals surface area contributed by atoms with Crippen LogP contribution in [0.5, 0.6) is 5.75 Å². The van der Waals surface area contributed by atoms with E-state index in [9.17, 15) is 0 Å². The minimum Gasteiger partial charge on any atom is -0.494 e. The molecule has 0 saturated carbocycles. The molecular weight excluding hydrogens is 238 g/mol. The second-order valence-electron chi connectivity index (χ2n) is 5.00. The lowest BCUT2D eigenvalue weighted by Crippen LogP contribution is -2.09. The van der Waals surface area contributed by atoms with Crippen molar-refractivity contribution in [3.05, 3.63) is 30.5 Å². The molecule has 1 heterocycles. The fraction of sp³-hybridized carbons (Fsp3) is 0.500. The first-order chi connectivity index (χ1) is 9.20. The maximum absolute atomic E-state index is 5.65. The van der Waals surface area contributed by atoms with Crippen LogP contribution in [0.4, 0.5) is 0 Å². The van der Waals surface area contributed by atoms with Crippen LogP contribution in [-0.2, 0) is 11.3 Å². The number of rotatable bonds is 7.